The fourth-order valence-electron chi connectivity index (χ4n) is 4.88. The Morgan fingerprint density at radius 2 is 1.79 bits per heavy atom. The van der Waals surface area contributed by atoms with Gasteiger partial charge in [0.25, 0.3) is 5.56 Å². The van der Waals surface area contributed by atoms with Crippen LogP contribution >= 0.6 is 0 Å². The highest BCUT2D eigenvalue weighted by atomic mass is 16.5. The number of carbonyl (C=O) groups excluding carboxylic acids is 1. The van der Waals surface area contributed by atoms with Crippen molar-refractivity contribution in [3.05, 3.63) is 106 Å². The topological polar surface area (TPSA) is 78.2 Å². The number of methoxy groups -OCH3 is 1. The van der Waals surface area contributed by atoms with E-state index in [-0.39, 0.29) is 24.1 Å². The number of hydrogen-bond acceptors (Lipinski definition) is 4. The van der Waals surface area contributed by atoms with Gasteiger partial charge in [-0.2, -0.15) is 0 Å². The van der Waals surface area contributed by atoms with E-state index in [0.717, 1.165) is 40.6 Å². The Balaban J connectivity index is 1.44. The van der Waals surface area contributed by atoms with E-state index in [0.29, 0.717) is 17.6 Å². The number of nitrogens with zero attached hydrogens (tertiary/aromatic N) is 3. The average molecular weight is 509 g/mol. The van der Waals surface area contributed by atoms with Gasteiger partial charge in [0.1, 0.15) is 23.3 Å². The van der Waals surface area contributed by atoms with E-state index in [1.165, 1.54) is 5.56 Å². The fraction of sp³-hybridized carbons (Fsp3) is 0.258. The third-order valence-electron chi connectivity index (χ3n) is 6.91. The van der Waals surface area contributed by atoms with Crippen LogP contribution in [0.5, 0.6) is 5.75 Å². The molecule has 0 bridgehead atoms. The van der Waals surface area contributed by atoms with Gasteiger partial charge in [-0.05, 0) is 62.1 Å². The van der Waals surface area contributed by atoms with E-state index in [2.05, 4.69) is 22.4 Å². The van der Waals surface area contributed by atoms with Gasteiger partial charge < -0.3 is 14.6 Å². The van der Waals surface area contributed by atoms with Crippen molar-refractivity contribution in [3.8, 4) is 5.75 Å². The van der Waals surface area contributed by atoms with Crippen LogP contribution in [0.4, 0.5) is 0 Å². The molecule has 2 heterocycles. The standard InChI is InChI=1S/C31H32N4O3/c1-21-9-16-27-26(17-21)29-30(31(37)34(20-32-29)18-24-12-14-25(38-3)15-13-24)35(27)19-28(36)33-22(2)10-11-23-7-5-4-6-8-23/h4-9,12-17,20,22H,10-11,18-19H2,1-3H3,(H,33,36)/t22-/m1/s1. The highest BCUT2D eigenvalue weighted by molar-refractivity contribution is 6.06. The van der Waals surface area contributed by atoms with Crippen molar-refractivity contribution in [3.63, 3.8) is 0 Å². The van der Waals surface area contributed by atoms with Gasteiger partial charge >= 0.3 is 0 Å². The highest BCUT2D eigenvalue weighted by Crippen LogP contribution is 2.26. The van der Waals surface area contributed by atoms with Gasteiger partial charge in [-0.3, -0.25) is 14.2 Å². The molecule has 0 saturated carbocycles. The number of benzene rings is 3. The molecule has 2 aromatic heterocycles. The lowest BCUT2D eigenvalue weighted by Gasteiger charge is -2.15. The quantitative estimate of drug-likeness (QED) is 0.309. The van der Waals surface area contributed by atoms with Crippen LogP contribution in [0.2, 0.25) is 0 Å². The number of fused-ring (bicyclic) bond motifs is 3. The first kappa shape index (κ1) is 25.3. The predicted octanol–water partition coefficient (Wildman–Crippen LogP) is 4.85. The van der Waals surface area contributed by atoms with E-state index < -0.39 is 0 Å². The molecule has 0 saturated heterocycles. The van der Waals surface area contributed by atoms with E-state index in [4.69, 9.17) is 4.74 Å². The molecular formula is C31H32N4O3. The lowest BCUT2D eigenvalue weighted by atomic mass is 10.1. The zero-order valence-corrected chi connectivity index (χ0v) is 22.0. The van der Waals surface area contributed by atoms with Gasteiger partial charge in [0, 0.05) is 11.4 Å². The van der Waals surface area contributed by atoms with Crippen molar-refractivity contribution >= 4 is 27.8 Å². The number of carbonyl (C=O) groups is 1. The van der Waals surface area contributed by atoms with Crippen molar-refractivity contribution in [2.75, 3.05) is 7.11 Å². The molecule has 5 rings (SSSR count). The van der Waals surface area contributed by atoms with Crippen LogP contribution in [0.15, 0.2) is 83.9 Å². The number of hydrogen-bond donors (Lipinski definition) is 1. The first-order chi connectivity index (χ1) is 18.4. The molecule has 0 aliphatic heterocycles. The Hall–Kier alpha value is -4.39. The minimum absolute atomic E-state index is 0.00268. The first-order valence-corrected chi connectivity index (χ1v) is 12.9. The van der Waals surface area contributed by atoms with Crippen LogP contribution in [0, 0.1) is 6.92 Å². The summed E-state index contributed by atoms with van der Waals surface area (Å²) in [6.45, 7) is 4.44. The third-order valence-corrected chi connectivity index (χ3v) is 6.91. The maximum atomic E-state index is 13.7. The van der Waals surface area contributed by atoms with Crippen molar-refractivity contribution in [2.45, 2.75) is 45.8 Å². The minimum Gasteiger partial charge on any atom is -0.497 e. The van der Waals surface area contributed by atoms with Crippen LogP contribution in [0.3, 0.4) is 0 Å². The number of aryl methyl sites for hydroxylation is 2. The summed E-state index contributed by atoms with van der Waals surface area (Å²) in [7, 11) is 1.62. The van der Waals surface area contributed by atoms with Crippen molar-refractivity contribution in [1.82, 2.24) is 19.4 Å². The molecule has 1 atom stereocenters. The Bertz CT molecular complexity index is 1640. The van der Waals surface area contributed by atoms with Crippen LogP contribution in [0.1, 0.15) is 30.0 Å². The fourth-order valence-corrected chi connectivity index (χ4v) is 4.88. The molecule has 3 aromatic carbocycles. The van der Waals surface area contributed by atoms with Crippen molar-refractivity contribution < 1.29 is 9.53 Å². The third kappa shape index (κ3) is 5.32. The summed E-state index contributed by atoms with van der Waals surface area (Å²) < 4.78 is 8.64. The summed E-state index contributed by atoms with van der Waals surface area (Å²) in [6.07, 6.45) is 3.31. The minimum atomic E-state index is -0.176. The van der Waals surface area contributed by atoms with E-state index in [1.54, 1.807) is 18.0 Å². The van der Waals surface area contributed by atoms with Gasteiger partial charge in [0.15, 0.2) is 0 Å². The molecule has 0 spiro atoms. The molecule has 0 aliphatic carbocycles. The molecule has 0 fully saturated rings. The molecule has 38 heavy (non-hydrogen) atoms. The van der Waals surface area contributed by atoms with E-state index in [1.807, 2.05) is 79.1 Å². The molecule has 5 aromatic rings. The van der Waals surface area contributed by atoms with Gasteiger partial charge in [-0.15, -0.1) is 0 Å². The maximum absolute atomic E-state index is 13.7. The normalized spacial score (nSPS) is 12.1. The predicted molar refractivity (Wildman–Crippen MR) is 151 cm³/mol. The van der Waals surface area contributed by atoms with Crippen molar-refractivity contribution in [2.24, 2.45) is 0 Å². The largest absolute Gasteiger partial charge is 0.497 e. The smallest absolute Gasteiger partial charge is 0.278 e. The summed E-state index contributed by atoms with van der Waals surface area (Å²) in [5.74, 6) is 0.629. The molecule has 1 amide bonds. The molecule has 7 heteroatoms. The maximum Gasteiger partial charge on any atom is 0.278 e. The molecule has 0 radical (unpaired) electrons. The Labute approximate surface area is 221 Å². The Morgan fingerprint density at radius 1 is 1.03 bits per heavy atom. The second kappa shape index (κ2) is 10.9. The molecule has 194 valence electrons. The first-order valence-electron chi connectivity index (χ1n) is 12.9. The summed E-state index contributed by atoms with van der Waals surface area (Å²) in [6, 6.07) is 23.8. The van der Waals surface area contributed by atoms with Crippen molar-refractivity contribution in [1.29, 1.82) is 0 Å². The van der Waals surface area contributed by atoms with Gasteiger partial charge in [-0.1, -0.05) is 54.1 Å². The lowest BCUT2D eigenvalue weighted by Crippen LogP contribution is -2.36. The number of aromatic nitrogens is 3. The zero-order valence-electron chi connectivity index (χ0n) is 22.0. The molecule has 7 nitrogen and oxygen atoms in total. The summed E-state index contributed by atoms with van der Waals surface area (Å²) in [4.78, 5) is 31.6. The van der Waals surface area contributed by atoms with Gasteiger partial charge in [0.05, 0.1) is 25.5 Å². The van der Waals surface area contributed by atoms with Crippen LogP contribution < -0.4 is 15.6 Å². The Morgan fingerprint density at radius 3 is 2.53 bits per heavy atom. The summed E-state index contributed by atoms with van der Waals surface area (Å²) >= 11 is 0. The number of ether oxygens (including phenoxy) is 1. The lowest BCUT2D eigenvalue weighted by molar-refractivity contribution is -0.122. The summed E-state index contributed by atoms with van der Waals surface area (Å²) in [5, 5.41) is 3.99. The molecule has 0 unspecified atom stereocenters. The van der Waals surface area contributed by atoms with E-state index >= 15 is 0 Å². The van der Waals surface area contributed by atoms with Crippen LogP contribution in [-0.4, -0.2) is 33.2 Å². The Kier molecular flexibility index (Phi) is 7.26. The second-order valence-electron chi connectivity index (χ2n) is 9.82. The number of nitrogens with one attached hydrogen (secondary N) is 1. The second-order valence-corrected chi connectivity index (χ2v) is 9.82. The van der Waals surface area contributed by atoms with Gasteiger partial charge in [-0.25, -0.2) is 4.98 Å². The summed E-state index contributed by atoms with van der Waals surface area (Å²) in [5.41, 5.74) is 4.97. The SMILES string of the molecule is COc1ccc(Cn2cnc3c4cc(C)ccc4n(CC(=O)N[C@H](C)CCc4ccccc4)c3c2=O)cc1. The van der Waals surface area contributed by atoms with E-state index in [9.17, 15) is 9.59 Å². The molecule has 1 N–H and O–H groups in total. The van der Waals surface area contributed by atoms with Gasteiger partial charge in [0.2, 0.25) is 5.91 Å². The number of rotatable bonds is 9. The molecule has 0 aliphatic rings. The monoisotopic (exact) mass is 508 g/mol. The highest BCUT2D eigenvalue weighted by Gasteiger charge is 2.19. The van der Waals surface area contributed by atoms with Crippen LogP contribution in [-0.2, 0) is 24.3 Å². The van der Waals surface area contributed by atoms with Crippen LogP contribution in [0.25, 0.3) is 21.9 Å². The zero-order chi connectivity index (χ0) is 26.6. The average Bonchev–Trinajstić information content (AvgIpc) is 3.22. The molecular weight excluding hydrogens is 476 g/mol. The number of amides is 1.